The van der Waals surface area contributed by atoms with E-state index < -0.39 is 0 Å². The average molecular weight is 285 g/mol. The third kappa shape index (κ3) is 3.21. The lowest BCUT2D eigenvalue weighted by molar-refractivity contribution is 0.639. The third-order valence-corrected chi connectivity index (χ3v) is 3.24. The Morgan fingerprint density at radius 3 is 2.86 bits per heavy atom. The number of hydrogen-bond acceptors (Lipinski definition) is 3. The van der Waals surface area contributed by atoms with E-state index in [1.807, 2.05) is 37.2 Å². The number of aromatic nitrogens is 1. The summed E-state index contributed by atoms with van der Waals surface area (Å²) < 4.78 is 14.1. The quantitative estimate of drug-likeness (QED) is 0.649. The zero-order chi connectivity index (χ0) is 15.4. The van der Waals surface area contributed by atoms with Gasteiger partial charge in [-0.05, 0) is 24.6 Å². The molecule has 1 aromatic heterocycles. The fourth-order valence-corrected chi connectivity index (χ4v) is 2.15. The van der Waals surface area contributed by atoms with E-state index in [1.54, 1.807) is 6.07 Å². The molecule has 0 bridgehead atoms. The second kappa shape index (κ2) is 6.39. The Bertz CT molecular complexity index is 677. The summed E-state index contributed by atoms with van der Waals surface area (Å²) in [6.45, 7) is 8.44. The maximum absolute atomic E-state index is 14.1. The first-order valence-electron chi connectivity index (χ1n) is 6.85. The summed E-state index contributed by atoms with van der Waals surface area (Å²) in [5, 5.41) is 3.74. The highest BCUT2D eigenvalue weighted by molar-refractivity contribution is 5.93. The number of fused-ring (bicyclic) bond motifs is 1. The molecule has 0 unspecified atom stereocenters. The SMILES string of the molecule is C=CCCNC(=C)c1cc(N(C)C)c2c(F)cccc2n1. The molecule has 0 aliphatic carbocycles. The minimum Gasteiger partial charge on any atom is -0.383 e. The average Bonchev–Trinajstić information content (AvgIpc) is 2.46. The van der Waals surface area contributed by atoms with E-state index in [9.17, 15) is 4.39 Å². The van der Waals surface area contributed by atoms with Crippen molar-refractivity contribution >= 4 is 22.3 Å². The van der Waals surface area contributed by atoms with Gasteiger partial charge < -0.3 is 10.2 Å². The first kappa shape index (κ1) is 15.0. The predicted octanol–water partition coefficient (Wildman–Crippen LogP) is 3.58. The molecule has 4 heteroatoms. The number of halogens is 1. The van der Waals surface area contributed by atoms with E-state index in [-0.39, 0.29) is 5.82 Å². The molecule has 0 spiro atoms. The second-order valence-corrected chi connectivity index (χ2v) is 5.04. The van der Waals surface area contributed by atoms with Crippen molar-refractivity contribution in [2.45, 2.75) is 6.42 Å². The van der Waals surface area contributed by atoms with Crippen LogP contribution >= 0.6 is 0 Å². The van der Waals surface area contributed by atoms with Gasteiger partial charge in [0.05, 0.1) is 28.0 Å². The van der Waals surface area contributed by atoms with Crippen LogP contribution in [0.4, 0.5) is 10.1 Å². The van der Waals surface area contributed by atoms with Gasteiger partial charge in [0.1, 0.15) is 5.82 Å². The van der Waals surface area contributed by atoms with Crippen LogP contribution in [0.25, 0.3) is 16.6 Å². The number of benzene rings is 1. The van der Waals surface area contributed by atoms with Gasteiger partial charge in [0.15, 0.2) is 0 Å². The molecule has 0 aliphatic rings. The number of rotatable bonds is 6. The zero-order valence-electron chi connectivity index (χ0n) is 12.5. The molecular weight excluding hydrogens is 265 g/mol. The largest absolute Gasteiger partial charge is 0.383 e. The summed E-state index contributed by atoms with van der Waals surface area (Å²) in [4.78, 5) is 6.39. The number of hydrogen-bond donors (Lipinski definition) is 1. The van der Waals surface area contributed by atoms with Gasteiger partial charge in [0, 0.05) is 20.6 Å². The van der Waals surface area contributed by atoms with Crippen LogP contribution in [0.2, 0.25) is 0 Å². The number of pyridine rings is 1. The van der Waals surface area contributed by atoms with Gasteiger partial charge in [-0.15, -0.1) is 6.58 Å². The second-order valence-electron chi connectivity index (χ2n) is 5.04. The zero-order valence-corrected chi connectivity index (χ0v) is 12.5. The summed E-state index contributed by atoms with van der Waals surface area (Å²) in [7, 11) is 3.78. The topological polar surface area (TPSA) is 28.2 Å². The van der Waals surface area contributed by atoms with Crippen molar-refractivity contribution in [1.29, 1.82) is 0 Å². The first-order valence-corrected chi connectivity index (χ1v) is 6.85. The molecule has 2 rings (SSSR count). The molecule has 0 atom stereocenters. The molecule has 0 saturated carbocycles. The van der Waals surface area contributed by atoms with Gasteiger partial charge in [-0.3, -0.25) is 0 Å². The Kier molecular flexibility index (Phi) is 4.58. The van der Waals surface area contributed by atoms with Crippen molar-refractivity contribution in [3.63, 3.8) is 0 Å². The van der Waals surface area contributed by atoms with E-state index in [0.29, 0.717) is 10.9 Å². The van der Waals surface area contributed by atoms with Crippen LogP contribution in [0.5, 0.6) is 0 Å². The van der Waals surface area contributed by atoms with E-state index in [0.717, 1.165) is 30.0 Å². The number of nitrogens with zero attached hydrogens (tertiary/aromatic N) is 2. The lowest BCUT2D eigenvalue weighted by Gasteiger charge is -2.18. The molecule has 2 aromatic rings. The minimum atomic E-state index is -0.263. The van der Waals surface area contributed by atoms with Crippen LogP contribution in [0.15, 0.2) is 43.5 Å². The van der Waals surface area contributed by atoms with Crippen LogP contribution < -0.4 is 10.2 Å². The molecular formula is C17H20FN3. The number of nitrogens with one attached hydrogen (secondary N) is 1. The standard InChI is InChI=1S/C17H20FN3/c1-5-6-10-19-12(2)15-11-16(21(3)4)17-13(18)8-7-9-14(17)20-15/h5,7-9,11,19H,1-2,6,10H2,3-4H3. The Morgan fingerprint density at radius 1 is 1.43 bits per heavy atom. The lowest BCUT2D eigenvalue weighted by atomic mass is 10.1. The fraction of sp³-hybridized carbons (Fsp3) is 0.235. The van der Waals surface area contributed by atoms with Crippen LogP contribution in [-0.2, 0) is 0 Å². The highest BCUT2D eigenvalue weighted by atomic mass is 19.1. The highest BCUT2D eigenvalue weighted by Gasteiger charge is 2.12. The monoisotopic (exact) mass is 285 g/mol. The van der Waals surface area contributed by atoms with Crippen molar-refractivity contribution in [3.8, 4) is 0 Å². The molecule has 0 saturated heterocycles. The molecule has 0 amide bonds. The van der Waals surface area contributed by atoms with Gasteiger partial charge in [-0.2, -0.15) is 0 Å². The highest BCUT2D eigenvalue weighted by Crippen LogP contribution is 2.29. The van der Waals surface area contributed by atoms with E-state index in [2.05, 4.69) is 23.5 Å². The summed E-state index contributed by atoms with van der Waals surface area (Å²) in [6, 6.07) is 6.79. The normalized spacial score (nSPS) is 10.4. The molecule has 0 radical (unpaired) electrons. The van der Waals surface area contributed by atoms with Crippen molar-refractivity contribution in [2.24, 2.45) is 0 Å². The summed E-state index contributed by atoms with van der Waals surface area (Å²) in [6.07, 6.45) is 2.69. The molecule has 1 N–H and O–H groups in total. The lowest BCUT2D eigenvalue weighted by Crippen LogP contribution is -2.15. The van der Waals surface area contributed by atoms with Crippen molar-refractivity contribution in [1.82, 2.24) is 10.3 Å². The molecule has 3 nitrogen and oxygen atoms in total. The number of anilines is 1. The van der Waals surface area contributed by atoms with E-state index >= 15 is 0 Å². The Hall–Kier alpha value is -2.36. The van der Waals surface area contributed by atoms with Gasteiger partial charge in [0.2, 0.25) is 0 Å². The summed E-state index contributed by atoms with van der Waals surface area (Å²) in [5.41, 5.74) is 2.87. The van der Waals surface area contributed by atoms with Gasteiger partial charge in [-0.25, -0.2) is 9.37 Å². The Balaban J connectivity index is 2.47. The molecule has 1 heterocycles. The fourth-order valence-electron chi connectivity index (χ4n) is 2.15. The van der Waals surface area contributed by atoms with Crippen LogP contribution in [0, 0.1) is 5.82 Å². The molecule has 21 heavy (non-hydrogen) atoms. The molecule has 0 aliphatic heterocycles. The van der Waals surface area contributed by atoms with E-state index in [1.165, 1.54) is 6.07 Å². The van der Waals surface area contributed by atoms with Crippen molar-refractivity contribution in [2.75, 3.05) is 25.5 Å². The minimum absolute atomic E-state index is 0.263. The van der Waals surface area contributed by atoms with Crippen LogP contribution in [-0.4, -0.2) is 25.6 Å². The summed E-state index contributed by atoms with van der Waals surface area (Å²) >= 11 is 0. The van der Waals surface area contributed by atoms with Gasteiger partial charge in [0.25, 0.3) is 0 Å². The van der Waals surface area contributed by atoms with Crippen LogP contribution in [0.3, 0.4) is 0 Å². The Labute approximate surface area is 124 Å². The third-order valence-electron chi connectivity index (χ3n) is 3.24. The maximum atomic E-state index is 14.1. The van der Waals surface area contributed by atoms with Gasteiger partial charge in [-0.1, -0.05) is 18.7 Å². The smallest absolute Gasteiger partial charge is 0.134 e. The van der Waals surface area contributed by atoms with E-state index in [4.69, 9.17) is 0 Å². The molecule has 1 aromatic carbocycles. The van der Waals surface area contributed by atoms with Gasteiger partial charge >= 0.3 is 0 Å². The maximum Gasteiger partial charge on any atom is 0.134 e. The van der Waals surface area contributed by atoms with Crippen LogP contribution in [0.1, 0.15) is 12.1 Å². The Morgan fingerprint density at radius 2 is 2.19 bits per heavy atom. The first-order chi connectivity index (χ1) is 10.0. The predicted molar refractivity (Wildman–Crippen MR) is 87.9 cm³/mol. The van der Waals surface area contributed by atoms with Crippen molar-refractivity contribution in [3.05, 3.63) is 55.0 Å². The molecule has 0 fully saturated rings. The molecule has 110 valence electrons. The van der Waals surface area contributed by atoms with Crippen molar-refractivity contribution < 1.29 is 4.39 Å². The summed E-state index contributed by atoms with van der Waals surface area (Å²) in [5.74, 6) is -0.263.